The molecule has 2 nitrogen and oxygen atoms in total. The molecule has 2 aliphatic rings. The standard InChI is InChI=1S/C12H19NO/c1-8-9-6-4-2-3-5-7-10(9)11(8)12(13)14/h2-3,8-11H,4-7H2,1H3,(H2,13,14)/b3-2+. The molecule has 4 atom stereocenters. The average molecular weight is 193 g/mol. The Kier molecular flexibility index (Phi) is 2.62. The van der Waals surface area contributed by atoms with Crippen molar-refractivity contribution in [3.63, 3.8) is 0 Å². The van der Waals surface area contributed by atoms with Crippen molar-refractivity contribution in [2.45, 2.75) is 32.6 Å². The number of amides is 1. The van der Waals surface area contributed by atoms with Gasteiger partial charge in [0.25, 0.3) is 0 Å². The number of fused-ring (bicyclic) bond motifs is 1. The van der Waals surface area contributed by atoms with Crippen molar-refractivity contribution >= 4 is 5.91 Å². The van der Waals surface area contributed by atoms with E-state index >= 15 is 0 Å². The number of primary amides is 1. The van der Waals surface area contributed by atoms with Gasteiger partial charge in [0.15, 0.2) is 0 Å². The normalized spacial score (nSPS) is 44.1. The van der Waals surface area contributed by atoms with Gasteiger partial charge >= 0.3 is 0 Å². The molecule has 0 saturated heterocycles. The lowest BCUT2D eigenvalue weighted by Crippen LogP contribution is -2.51. The molecule has 2 N–H and O–H groups in total. The Balaban J connectivity index is 2.06. The van der Waals surface area contributed by atoms with E-state index in [0.717, 1.165) is 18.8 Å². The lowest BCUT2D eigenvalue weighted by atomic mass is 9.54. The Hall–Kier alpha value is -0.790. The predicted octanol–water partition coefficient (Wildman–Crippen LogP) is 2.10. The number of rotatable bonds is 1. The van der Waals surface area contributed by atoms with Crippen LogP contribution in [0.5, 0.6) is 0 Å². The molecule has 0 aromatic rings. The third kappa shape index (κ3) is 1.47. The third-order valence-corrected chi connectivity index (χ3v) is 4.08. The first-order chi connectivity index (χ1) is 6.72. The van der Waals surface area contributed by atoms with Gasteiger partial charge in [-0.2, -0.15) is 0 Å². The van der Waals surface area contributed by atoms with Crippen molar-refractivity contribution in [2.24, 2.45) is 29.4 Å². The van der Waals surface area contributed by atoms with E-state index in [1.54, 1.807) is 0 Å². The fourth-order valence-electron chi connectivity index (χ4n) is 3.32. The molecule has 1 fully saturated rings. The highest BCUT2D eigenvalue weighted by Gasteiger charge is 2.49. The van der Waals surface area contributed by atoms with Crippen molar-refractivity contribution < 1.29 is 4.79 Å². The van der Waals surface area contributed by atoms with Gasteiger partial charge in [0.05, 0.1) is 0 Å². The molecule has 0 aromatic heterocycles. The van der Waals surface area contributed by atoms with Crippen LogP contribution in [0.15, 0.2) is 12.2 Å². The summed E-state index contributed by atoms with van der Waals surface area (Å²) in [6.07, 6.45) is 9.22. The maximum absolute atomic E-state index is 11.2. The summed E-state index contributed by atoms with van der Waals surface area (Å²) in [7, 11) is 0. The van der Waals surface area contributed by atoms with E-state index in [9.17, 15) is 4.79 Å². The molecule has 14 heavy (non-hydrogen) atoms. The van der Waals surface area contributed by atoms with Crippen LogP contribution < -0.4 is 5.73 Å². The highest BCUT2D eigenvalue weighted by molar-refractivity contribution is 5.78. The smallest absolute Gasteiger partial charge is 0.221 e. The molecule has 0 radical (unpaired) electrons. The van der Waals surface area contributed by atoms with Gasteiger partial charge in [0, 0.05) is 5.92 Å². The molecule has 78 valence electrons. The van der Waals surface area contributed by atoms with Crippen LogP contribution in [0.25, 0.3) is 0 Å². The van der Waals surface area contributed by atoms with Gasteiger partial charge in [-0.3, -0.25) is 4.79 Å². The number of hydrogen-bond donors (Lipinski definition) is 1. The van der Waals surface area contributed by atoms with E-state index in [4.69, 9.17) is 5.73 Å². The van der Waals surface area contributed by atoms with Gasteiger partial charge in [0.2, 0.25) is 5.91 Å². The van der Waals surface area contributed by atoms with E-state index in [1.165, 1.54) is 12.8 Å². The zero-order valence-electron chi connectivity index (χ0n) is 8.78. The fourth-order valence-corrected chi connectivity index (χ4v) is 3.32. The first kappa shape index (κ1) is 9.75. The number of allylic oxidation sites excluding steroid dienone is 2. The van der Waals surface area contributed by atoms with Crippen LogP contribution >= 0.6 is 0 Å². The summed E-state index contributed by atoms with van der Waals surface area (Å²) >= 11 is 0. The first-order valence-corrected chi connectivity index (χ1v) is 5.66. The Morgan fingerprint density at radius 3 is 2.36 bits per heavy atom. The predicted molar refractivity (Wildman–Crippen MR) is 56.4 cm³/mol. The summed E-state index contributed by atoms with van der Waals surface area (Å²) in [5.74, 6) is 1.92. The monoisotopic (exact) mass is 193 g/mol. The van der Waals surface area contributed by atoms with Crippen molar-refractivity contribution in [2.75, 3.05) is 0 Å². The fraction of sp³-hybridized carbons (Fsp3) is 0.750. The van der Waals surface area contributed by atoms with Gasteiger partial charge in [0.1, 0.15) is 0 Å². The quantitative estimate of drug-likeness (QED) is 0.637. The Morgan fingerprint density at radius 1 is 1.21 bits per heavy atom. The Morgan fingerprint density at radius 2 is 1.79 bits per heavy atom. The van der Waals surface area contributed by atoms with Crippen LogP contribution in [0, 0.1) is 23.7 Å². The second kappa shape index (κ2) is 3.76. The highest BCUT2D eigenvalue weighted by atomic mass is 16.1. The molecule has 4 unspecified atom stereocenters. The van der Waals surface area contributed by atoms with E-state index in [1.807, 2.05) is 0 Å². The number of carbonyl (C=O) groups excluding carboxylic acids is 1. The second-order valence-electron chi connectivity index (χ2n) is 4.74. The molecule has 0 aromatic carbocycles. The number of hydrogen-bond acceptors (Lipinski definition) is 1. The van der Waals surface area contributed by atoms with Crippen LogP contribution in [0.1, 0.15) is 32.6 Å². The van der Waals surface area contributed by atoms with Crippen LogP contribution in [-0.2, 0) is 4.79 Å². The Bertz CT molecular complexity index is 259. The van der Waals surface area contributed by atoms with Crippen molar-refractivity contribution in [3.05, 3.63) is 12.2 Å². The van der Waals surface area contributed by atoms with Crippen molar-refractivity contribution in [1.29, 1.82) is 0 Å². The summed E-state index contributed by atoms with van der Waals surface area (Å²) in [5.41, 5.74) is 5.43. The van der Waals surface area contributed by atoms with E-state index < -0.39 is 0 Å². The number of nitrogens with two attached hydrogens (primary N) is 1. The van der Waals surface area contributed by atoms with Crippen LogP contribution in [0.2, 0.25) is 0 Å². The SMILES string of the molecule is CC1C2CC/C=C/CCC2C1C(N)=O. The average Bonchev–Trinajstić information content (AvgIpc) is 2.08. The minimum atomic E-state index is -0.0803. The molecule has 1 amide bonds. The zero-order chi connectivity index (χ0) is 10.1. The molecule has 2 heteroatoms. The van der Waals surface area contributed by atoms with E-state index in [-0.39, 0.29) is 11.8 Å². The summed E-state index contributed by atoms with van der Waals surface area (Å²) in [5, 5.41) is 0. The molecule has 2 aliphatic carbocycles. The summed E-state index contributed by atoms with van der Waals surface area (Å²) < 4.78 is 0. The molecular weight excluding hydrogens is 174 g/mol. The maximum Gasteiger partial charge on any atom is 0.221 e. The van der Waals surface area contributed by atoms with Crippen molar-refractivity contribution in [1.82, 2.24) is 0 Å². The molecule has 0 heterocycles. The molecule has 0 spiro atoms. The highest BCUT2D eigenvalue weighted by Crippen LogP contribution is 2.50. The van der Waals surface area contributed by atoms with E-state index in [2.05, 4.69) is 19.1 Å². The first-order valence-electron chi connectivity index (χ1n) is 5.66. The van der Waals surface area contributed by atoms with Gasteiger partial charge in [-0.05, 0) is 43.4 Å². The third-order valence-electron chi connectivity index (χ3n) is 4.08. The largest absolute Gasteiger partial charge is 0.369 e. The summed E-state index contributed by atoms with van der Waals surface area (Å²) in [6.45, 7) is 2.18. The van der Waals surface area contributed by atoms with Crippen LogP contribution in [0.4, 0.5) is 0 Å². The molecule has 0 bridgehead atoms. The van der Waals surface area contributed by atoms with Gasteiger partial charge in [-0.25, -0.2) is 0 Å². The lowest BCUT2D eigenvalue weighted by Gasteiger charge is -2.50. The van der Waals surface area contributed by atoms with Crippen LogP contribution in [0.3, 0.4) is 0 Å². The van der Waals surface area contributed by atoms with Gasteiger partial charge in [-0.1, -0.05) is 19.1 Å². The summed E-state index contributed by atoms with van der Waals surface area (Å²) in [6, 6.07) is 0. The van der Waals surface area contributed by atoms with E-state index in [0.29, 0.717) is 11.8 Å². The minimum Gasteiger partial charge on any atom is -0.369 e. The van der Waals surface area contributed by atoms with Crippen molar-refractivity contribution in [3.8, 4) is 0 Å². The van der Waals surface area contributed by atoms with Crippen LogP contribution in [-0.4, -0.2) is 5.91 Å². The molecule has 1 saturated carbocycles. The number of carbonyl (C=O) groups is 1. The second-order valence-corrected chi connectivity index (χ2v) is 4.74. The van der Waals surface area contributed by atoms with Gasteiger partial charge in [-0.15, -0.1) is 0 Å². The molecule has 2 rings (SSSR count). The topological polar surface area (TPSA) is 43.1 Å². The minimum absolute atomic E-state index is 0.0803. The Labute approximate surface area is 85.6 Å². The summed E-state index contributed by atoms with van der Waals surface area (Å²) in [4.78, 5) is 11.2. The lowest BCUT2D eigenvalue weighted by molar-refractivity contribution is -0.137. The zero-order valence-corrected chi connectivity index (χ0v) is 8.78. The molecular formula is C12H19NO. The van der Waals surface area contributed by atoms with Gasteiger partial charge < -0.3 is 5.73 Å². The molecule has 0 aliphatic heterocycles. The maximum atomic E-state index is 11.2.